The number of carbonyl (C=O) groups is 1. The highest BCUT2D eigenvalue weighted by Gasteiger charge is 2.28. The summed E-state index contributed by atoms with van der Waals surface area (Å²) in [6.45, 7) is 1.27. The van der Waals surface area contributed by atoms with E-state index in [2.05, 4.69) is 25.6 Å². The lowest BCUT2D eigenvalue weighted by Crippen LogP contribution is -2.42. The van der Waals surface area contributed by atoms with E-state index < -0.39 is 6.10 Å². The maximum atomic E-state index is 13.8. The molecule has 1 fully saturated rings. The fourth-order valence-corrected chi connectivity index (χ4v) is 2.92. The van der Waals surface area contributed by atoms with E-state index in [9.17, 15) is 9.18 Å². The minimum Gasteiger partial charge on any atom is -0.441 e. The molecule has 27 heavy (non-hydrogen) atoms. The molecular formula is C17H17FN6O3. The van der Waals surface area contributed by atoms with Gasteiger partial charge in [-0.2, -0.15) is 5.21 Å². The van der Waals surface area contributed by atoms with Crippen LogP contribution in [0, 0.1) is 5.82 Å². The Balaban J connectivity index is 1.35. The lowest BCUT2D eigenvalue weighted by atomic mass is 10.2. The van der Waals surface area contributed by atoms with Crippen molar-refractivity contribution in [3.63, 3.8) is 0 Å². The first-order chi connectivity index (χ1) is 13.2. The van der Waals surface area contributed by atoms with Gasteiger partial charge in [0.1, 0.15) is 11.9 Å². The van der Waals surface area contributed by atoms with Crippen LogP contribution in [0.4, 0.5) is 4.39 Å². The van der Waals surface area contributed by atoms with Crippen molar-refractivity contribution in [2.24, 2.45) is 0 Å². The van der Waals surface area contributed by atoms with E-state index >= 15 is 0 Å². The molecule has 1 unspecified atom stereocenters. The Hall–Kier alpha value is -3.14. The van der Waals surface area contributed by atoms with Gasteiger partial charge in [-0.25, -0.2) is 9.37 Å². The monoisotopic (exact) mass is 372 g/mol. The van der Waals surface area contributed by atoms with Crippen LogP contribution >= 0.6 is 0 Å². The van der Waals surface area contributed by atoms with Crippen LogP contribution < -0.4 is 0 Å². The third-order valence-electron chi connectivity index (χ3n) is 4.31. The van der Waals surface area contributed by atoms with Crippen LogP contribution in [0.3, 0.4) is 0 Å². The van der Waals surface area contributed by atoms with Crippen molar-refractivity contribution in [3.8, 4) is 11.3 Å². The molecule has 0 radical (unpaired) electrons. The summed E-state index contributed by atoms with van der Waals surface area (Å²) in [4.78, 5) is 18.3. The maximum Gasteiger partial charge on any atom is 0.223 e. The Labute approximate surface area is 153 Å². The topological polar surface area (TPSA) is 110 Å². The number of aryl methyl sites for hydroxylation is 1. The van der Waals surface area contributed by atoms with E-state index in [1.54, 1.807) is 23.1 Å². The van der Waals surface area contributed by atoms with Crippen molar-refractivity contribution in [2.45, 2.75) is 18.9 Å². The third kappa shape index (κ3) is 3.85. The fraction of sp³-hybridized carbons (Fsp3) is 0.353. The van der Waals surface area contributed by atoms with Gasteiger partial charge < -0.3 is 14.1 Å². The smallest absolute Gasteiger partial charge is 0.223 e. The second-order valence-corrected chi connectivity index (χ2v) is 6.07. The quantitative estimate of drug-likeness (QED) is 0.723. The van der Waals surface area contributed by atoms with E-state index in [-0.39, 0.29) is 18.1 Å². The highest BCUT2D eigenvalue weighted by molar-refractivity contribution is 5.76. The van der Waals surface area contributed by atoms with Gasteiger partial charge in [0.2, 0.25) is 11.7 Å². The maximum absolute atomic E-state index is 13.8. The number of nitrogens with one attached hydrogen (secondary N) is 1. The van der Waals surface area contributed by atoms with Crippen molar-refractivity contribution in [1.82, 2.24) is 30.5 Å². The highest BCUT2D eigenvalue weighted by Crippen LogP contribution is 2.24. The van der Waals surface area contributed by atoms with Crippen LogP contribution in [0.1, 0.15) is 24.2 Å². The predicted molar refractivity (Wildman–Crippen MR) is 89.7 cm³/mol. The summed E-state index contributed by atoms with van der Waals surface area (Å²) in [7, 11) is 0. The number of hydrogen-bond acceptors (Lipinski definition) is 7. The predicted octanol–water partition coefficient (Wildman–Crippen LogP) is 1.53. The van der Waals surface area contributed by atoms with Crippen LogP contribution in [-0.2, 0) is 16.0 Å². The molecule has 3 aromatic rings. The summed E-state index contributed by atoms with van der Waals surface area (Å²) in [5, 5.41) is 13.7. The number of H-pyrrole nitrogens is 1. The molecule has 1 saturated heterocycles. The standard InChI is InChI=1S/C17H17FN6O3/c18-12-4-2-1-3-11(12)13-9-19-15(27-13)5-6-16(25)24-7-8-26-14(10-24)17-20-22-23-21-17/h1-4,9,14H,5-8,10H2,(H,20,21,22,23). The lowest BCUT2D eigenvalue weighted by molar-refractivity contribution is -0.139. The number of ether oxygens (including phenoxy) is 1. The van der Waals surface area contributed by atoms with Gasteiger partial charge in [-0.3, -0.25) is 4.79 Å². The molecule has 140 valence electrons. The van der Waals surface area contributed by atoms with Gasteiger partial charge in [0.15, 0.2) is 11.7 Å². The second-order valence-electron chi connectivity index (χ2n) is 6.07. The van der Waals surface area contributed by atoms with E-state index in [0.717, 1.165) is 0 Å². The van der Waals surface area contributed by atoms with Crippen LogP contribution in [-0.4, -0.2) is 56.1 Å². The number of aromatic amines is 1. The number of halogens is 1. The van der Waals surface area contributed by atoms with E-state index in [1.807, 2.05) is 0 Å². The molecule has 1 amide bonds. The Morgan fingerprint density at radius 1 is 1.37 bits per heavy atom. The molecule has 0 saturated carbocycles. The van der Waals surface area contributed by atoms with Gasteiger partial charge in [0, 0.05) is 19.4 Å². The summed E-state index contributed by atoms with van der Waals surface area (Å²) < 4.78 is 25.0. The number of nitrogens with zero attached hydrogens (tertiary/aromatic N) is 5. The third-order valence-corrected chi connectivity index (χ3v) is 4.31. The summed E-state index contributed by atoms with van der Waals surface area (Å²) in [6.07, 6.45) is 1.64. The molecule has 4 rings (SSSR count). The molecular weight excluding hydrogens is 355 g/mol. The average molecular weight is 372 g/mol. The van der Waals surface area contributed by atoms with E-state index in [4.69, 9.17) is 9.15 Å². The highest BCUT2D eigenvalue weighted by atomic mass is 19.1. The molecule has 0 bridgehead atoms. The Morgan fingerprint density at radius 3 is 3.07 bits per heavy atom. The number of aromatic nitrogens is 5. The van der Waals surface area contributed by atoms with Crippen molar-refractivity contribution >= 4 is 5.91 Å². The van der Waals surface area contributed by atoms with Crippen molar-refractivity contribution in [1.29, 1.82) is 0 Å². The Kier molecular flexibility index (Phi) is 4.88. The lowest BCUT2D eigenvalue weighted by Gasteiger charge is -2.31. The molecule has 2 aromatic heterocycles. The molecule has 9 nitrogen and oxygen atoms in total. The average Bonchev–Trinajstić information content (AvgIpc) is 3.39. The minimum absolute atomic E-state index is 0.0440. The summed E-state index contributed by atoms with van der Waals surface area (Å²) in [5.74, 6) is 0.743. The van der Waals surface area contributed by atoms with Gasteiger partial charge in [0.25, 0.3) is 0 Å². The van der Waals surface area contributed by atoms with Crippen LogP contribution in [0.2, 0.25) is 0 Å². The molecule has 1 atom stereocenters. The van der Waals surface area contributed by atoms with Gasteiger partial charge in [0.05, 0.1) is 24.9 Å². The first-order valence-electron chi connectivity index (χ1n) is 8.53. The summed E-state index contributed by atoms with van der Waals surface area (Å²) >= 11 is 0. The van der Waals surface area contributed by atoms with E-state index in [0.29, 0.717) is 49.2 Å². The van der Waals surface area contributed by atoms with Gasteiger partial charge in [-0.05, 0) is 12.1 Å². The Bertz CT molecular complexity index is 913. The first-order valence-corrected chi connectivity index (χ1v) is 8.53. The van der Waals surface area contributed by atoms with Crippen LogP contribution in [0.15, 0.2) is 34.9 Å². The van der Waals surface area contributed by atoms with Gasteiger partial charge in [-0.15, -0.1) is 10.2 Å². The number of morpholine rings is 1. The molecule has 1 aromatic carbocycles. The number of carbonyl (C=O) groups excluding carboxylic acids is 1. The molecule has 3 heterocycles. The van der Waals surface area contributed by atoms with Crippen LogP contribution in [0.25, 0.3) is 11.3 Å². The number of oxazole rings is 1. The number of amides is 1. The molecule has 1 aliphatic rings. The first kappa shape index (κ1) is 17.3. The zero-order valence-corrected chi connectivity index (χ0v) is 14.3. The fourth-order valence-electron chi connectivity index (χ4n) is 2.92. The Morgan fingerprint density at radius 2 is 2.26 bits per heavy atom. The second kappa shape index (κ2) is 7.62. The van der Waals surface area contributed by atoms with E-state index in [1.165, 1.54) is 12.3 Å². The normalized spacial score (nSPS) is 17.2. The largest absolute Gasteiger partial charge is 0.441 e. The summed E-state index contributed by atoms with van der Waals surface area (Å²) in [6, 6.07) is 6.32. The molecule has 10 heteroatoms. The molecule has 1 N–H and O–H groups in total. The number of benzene rings is 1. The SMILES string of the molecule is O=C(CCc1ncc(-c2ccccc2F)o1)N1CCOC(c2nn[nH]n2)C1. The van der Waals surface area contributed by atoms with Crippen molar-refractivity contribution in [3.05, 3.63) is 48.0 Å². The van der Waals surface area contributed by atoms with Gasteiger partial charge >= 0.3 is 0 Å². The molecule has 0 spiro atoms. The number of hydrogen-bond donors (Lipinski definition) is 1. The number of tetrazole rings is 1. The summed E-state index contributed by atoms with van der Waals surface area (Å²) in [5.41, 5.74) is 0.346. The van der Waals surface area contributed by atoms with Crippen molar-refractivity contribution < 1.29 is 18.3 Å². The van der Waals surface area contributed by atoms with Gasteiger partial charge in [-0.1, -0.05) is 17.3 Å². The number of rotatable bonds is 5. The van der Waals surface area contributed by atoms with Crippen molar-refractivity contribution in [2.75, 3.05) is 19.7 Å². The zero-order valence-electron chi connectivity index (χ0n) is 14.3. The minimum atomic E-state index is -0.393. The molecule has 1 aliphatic heterocycles. The zero-order chi connectivity index (χ0) is 18.6. The molecule has 0 aliphatic carbocycles. The van der Waals surface area contributed by atoms with Crippen LogP contribution in [0.5, 0.6) is 0 Å².